The third-order valence-electron chi connectivity index (χ3n) is 11.3. The van der Waals surface area contributed by atoms with Gasteiger partial charge in [-0.3, -0.25) is 9.69 Å². The Hall–Kier alpha value is -3.21. The molecular weight excluding hydrogens is 644 g/mol. The van der Waals surface area contributed by atoms with Gasteiger partial charge in [0, 0.05) is 62.8 Å². The van der Waals surface area contributed by atoms with E-state index >= 15 is 0 Å². The Morgan fingerprint density at radius 1 is 1.02 bits per heavy atom. The van der Waals surface area contributed by atoms with E-state index in [1.165, 1.54) is 51.4 Å². The van der Waals surface area contributed by atoms with Crippen LogP contribution in [0.4, 0.5) is 10.6 Å². The number of esters is 1. The SMILES string of the molecule is C/C(=C\C=C\C(C)c1cccc(N2CCCC2)n1)[C@H]1OC(=O)C[C@@H](O)CC[C@](C)(O)[C@@H](OC(=O)N2CCN(C3CCCCCC3)CC2)/C=C/[C@@H]1C. The number of allylic oxidation sites excluding steroid dienone is 3. The van der Waals surface area contributed by atoms with Crippen LogP contribution in [0.5, 0.6) is 0 Å². The van der Waals surface area contributed by atoms with E-state index in [0.717, 1.165) is 43.3 Å². The lowest BCUT2D eigenvalue weighted by Gasteiger charge is -2.40. The Bertz CT molecular complexity index is 1370. The number of pyridine rings is 1. The smallest absolute Gasteiger partial charge is 0.410 e. The largest absolute Gasteiger partial charge is 0.457 e. The molecule has 51 heavy (non-hydrogen) atoms. The number of hydrogen-bond acceptors (Lipinski definition) is 9. The van der Waals surface area contributed by atoms with Crippen LogP contribution in [0.15, 0.2) is 54.2 Å². The van der Waals surface area contributed by atoms with Crippen LogP contribution in [0.1, 0.15) is 110 Å². The lowest BCUT2D eigenvalue weighted by molar-refractivity contribution is -0.151. The average Bonchev–Trinajstić information content (AvgIpc) is 3.53. The number of amides is 1. The van der Waals surface area contributed by atoms with Crippen LogP contribution in [-0.4, -0.2) is 106 Å². The van der Waals surface area contributed by atoms with E-state index in [-0.39, 0.29) is 31.1 Å². The van der Waals surface area contributed by atoms with Crippen LogP contribution >= 0.6 is 0 Å². The van der Waals surface area contributed by atoms with Crippen molar-refractivity contribution in [2.75, 3.05) is 44.2 Å². The maximum Gasteiger partial charge on any atom is 0.410 e. The highest BCUT2D eigenvalue weighted by Gasteiger charge is 2.37. The molecule has 6 atom stereocenters. The third kappa shape index (κ3) is 11.1. The fraction of sp³-hybridized carbons (Fsp3) is 0.683. The van der Waals surface area contributed by atoms with Crippen LogP contribution in [0.3, 0.4) is 0 Å². The van der Waals surface area contributed by atoms with E-state index in [1.807, 2.05) is 32.1 Å². The first-order chi connectivity index (χ1) is 24.5. The number of rotatable bonds is 7. The van der Waals surface area contributed by atoms with Gasteiger partial charge in [0.1, 0.15) is 17.5 Å². The van der Waals surface area contributed by atoms with Gasteiger partial charge in [-0.15, -0.1) is 0 Å². The number of aliphatic hydroxyl groups is 2. The molecule has 3 fully saturated rings. The lowest BCUT2D eigenvalue weighted by atomic mass is 9.88. The second-order valence-electron chi connectivity index (χ2n) is 15.6. The summed E-state index contributed by atoms with van der Waals surface area (Å²) in [6.07, 6.45) is 16.8. The molecule has 1 aromatic heterocycles. The second kappa shape index (κ2) is 18.5. The van der Waals surface area contributed by atoms with Gasteiger partial charge in [-0.1, -0.05) is 69.9 Å². The molecule has 4 aliphatic rings. The fourth-order valence-corrected chi connectivity index (χ4v) is 7.91. The van der Waals surface area contributed by atoms with Crippen molar-refractivity contribution in [3.05, 3.63) is 59.8 Å². The molecule has 1 amide bonds. The van der Waals surface area contributed by atoms with Crippen LogP contribution < -0.4 is 4.90 Å². The molecule has 0 aromatic carbocycles. The molecule has 0 bridgehead atoms. The Labute approximate surface area is 305 Å². The first-order valence-corrected chi connectivity index (χ1v) is 19.5. The quantitative estimate of drug-likeness (QED) is 0.141. The lowest BCUT2D eigenvalue weighted by Crippen LogP contribution is -2.53. The molecule has 2 saturated heterocycles. The minimum atomic E-state index is -1.45. The van der Waals surface area contributed by atoms with Crippen molar-refractivity contribution in [3.8, 4) is 0 Å². The molecule has 1 aromatic rings. The summed E-state index contributed by atoms with van der Waals surface area (Å²) in [6.45, 7) is 12.5. The number of piperazine rings is 1. The summed E-state index contributed by atoms with van der Waals surface area (Å²) in [5, 5.41) is 22.3. The van der Waals surface area contributed by atoms with E-state index in [0.29, 0.717) is 19.1 Å². The first-order valence-electron chi connectivity index (χ1n) is 19.5. The minimum absolute atomic E-state index is 0.0837. The van der Waals surface area contributed by atoms with Crippen molar-refractivity contribution in [2.45, 2.75) is 134 Å². The zero-order chi connectivity index (χ0) is 36.4. The average molecular weight is 707 g/mol. The Kier molecular flexibility index (Phi) is 14.2. The van der Waals surface area contributed by atoms with E-state index in [9.17, 15) is 19.8 Å². The number of anilines is 1. The van der Waals surface area contributed by atoms with Gasteiger partial charge in [0.2, 0.25) is 0 Å². The summed E-state index contributed by atoms with van der Waals surface area (Å²) in [5.41, 5.74) is 0.386. The first kappa shape index (κ1) is 39.0. The number of cyclic esters (lactones) is 1. The highest BCUT2D eigenvalue weighted by atomic mass is 16.6. The van der Waals surface area contributed by atoms with Crippen molar-refractivity contribution in [1.29, 1.82) is 0 Å². The number of aliphatic hydroxyl groups excluding tert-OH is 1. The van der Waals surface area contributed by atoms with Gasteiger partial charge in [0.25, 0.3) is 0 Å². The van der Waals surface area contributed by atoms with Gasteiger partial charge in [0.05, 0.1) is 12.5 Å². The van der Waals surface area contributed by atoms with E-state index < -0.39 is 36.0 Å². The summed E-state index contributed by atoms with van der Waals surface area (Å²) in [5.74, 6) is 0.314. The normalized spacial score (nSPS) is 31.0. The standard InChI is InChI=1S/C41H62N4O6/c1-30(35-17-12-18-37(42-35)44-23-9-10-24-44)13-11-14-31(2)39-32(3)19-20-36(41(4,49)22-21-34(46)29-38(47)51-39)50-40(48)45-27-25-43(26-28-45)33-15-7-5-6-8-16-33/h11-14,17-20,30,32-34,36,39,46,49H,5-10,15-16,21-29H2,1-4H3/b13-11+,20-19+,31-14+/t30?,32-,34-,36-,39+,41-/m0/s1. The zero-order valence-corrected chi connectivity index (χ0v) is 31.4. The van der Waals surface area contributed by atoms with Gasteiger partial charge < -0.3 is 29.5 Å². The molecule has 1 saturated carbocycles. The highest BCUT2D eigenvalue weighted by molar-refractivity contribution is 5.70. The van der Waals surface area contributed by atoms with Crippen molar-refractivity contribution in [2.24, 2.45) is 5.92 Å². The van der Waals surface area contributed by atoms with Crippen molar-refractivity contribution >= 4 is 17.9 Å². The maximum absolute atomic E-state index is 13.5. The molecular formula is C41H62N4O6. The molecule has 3 aliphatic heterocycles. The van der Waals surface area contributed by atoms with Crippen LogP contribution in [0.2, 0.25) is 0 Å². The number of ether oxygens (including phenoxy) is 2. The third-order valence-corrected chi connectivity index (χ3v) is 11.3. The van der Waals surface area contributed by atoms with Crippen molar-refractivity contribution in [3.63, 3.8) is 0 Å². The predicted molar refractivity (Wildman–Crippen MR) is 201 cm³/mol. The van der Waals surface area contributed by atoms with Crippen molar-refractivity contribution < 1.29 is 29.3 Å². The Morgan fingerprint density at radius 2 is 1.73 bits per heavy atom. The van der Waals surface area contributed by atoms with Gasteiger partial charge in [-0.05, 0) is 76.2 Å². The van der Waals surface area contributed by atoms with Gasteiger partial charge in [0.15, 0.2) is 6.10 Å². The molecule has 1 aliphatic carbocycles. The summed E-state index contributed by atoms with van der Waals surface area (Å²) in [4.78, 5) is 38.0. The molecule has 2 N–H and O–H groups in total. The maximum atomic E-state index is 13.5. The fourth-order valence-electron chi connectivity index (χ4n) is 7.91. The molecule has 4 heterocycles. The molecule has 10 nitrogen and oxygen atoms in total. The van der Waals surface area contributed by atoms with Gasteiger partial charge in [-0.2, -0.15) is 0 Å². The van der Waals surface area contributed by atoms with Crippen molar-refractivity contribution in [1.82, 2.24) is 14.8 Å². The summed E-state index contributed by atoms with van der Waals surface area (Å²) < 4.78 is 12.0. The number of carbonyl (C=O) groups excluding carboxylic acids is 2. The molecule has 0 spiro atoms. The summed E-state index contributed by atoms with van der Waals surface area (Å²) in [6, 6.07) is 6.79. The molecule has 1 unspecified atom stereocenters. The minimum Gasteiger partial charge on any atom is -0.457 e. The number of carbonyl (C=O) groups is 2. The van der Waals surface area contributed by atoms with E-state index in [4.69, 9.17) is 14.5 Å². The van der Waals surface area contributed by atoms with Crippen LogP contribution in [0, 0.1) is 5.92 Å². The Morgan fingerprint density at radius 3 is 2.43 bits per heavy atom. The second-order valence-corrected chi connectivity index (χ2v) is 15.6. The highest BCUT2D eigenvalue weighted by Crippen LogP contribution is 2.29. The Balaban J connectivity index is 1.26. The molecule has 0 radical (unpaired) electrons. The molecule has 282 valence electrons. The number of nitrogens with zero attached hydrogens (tertiary/aromatic N) is 4. The number of hydrogen-bond donors (Lipinski definition) is 2. The molecule has 10 heteroatoms. The predicted octanol–water partition coefficient (Wildman–Crippen LogP) is 6.53. The van der Waals surface area contributed by atoms with E-state index in [2.05, 4.69) is 41.0 Å². The zero-order valence-electron chi connectivity index (χ0n) is 31.4. The summed E-state index contributed by atoms with van der Waals surface area (Å²) in [7, 11) is 0. The monoisotopic (exact) mass is 706 g/mol. The topological polar surface area (TPSA) is 116 Å². The van der Waals surface area contributed by atoms with Crippen LogP contribution in [0.25, 0.3) is 0 Å². The summed E-state index contributed by atoms with van der Waals surface area (Å²) >= 11 is 0. The van der Waals surface area contributed by atoms with Crippen LogP contribution in [-0.2, 0) is 14.3 Å². The van der Waals surface area contributed by atoms with Gasteiger partial charge in [-0.25, -0.2) is 9.78 Å². The molecule has 5 rings (SSSR count). The van der Waals surface area contributed by atoms with E-state index in [1.54, 1.807) is 17.9 Å². The van der Waals surface area contributed by atoms with Gasteiger partial charge >= 0.3 is 12.1 Å². The number of aromatic nitrogens is 1.